The van der Waals surface area contributed by atoms with E-state index in [0.717, 1.165) is 36.7 Å². The van der Waals surface area contributed by atoms with Gasteiger partial charge in [-0.05, 0) is 43.0 Å². The van der Waals surface area contributed by atoms with E-state index in [1.807, 2.05) is 19.2 Å². The van der Waals surface area contributed by atoms with Crippen LogP contribution >= 0.6 is 0 Å². The summed E-state index contributed by atoms with van der Waals surface area (Å²) >= 11 is 0. The lowest BCUT2D eigenvalue weighted by Gasteiger charge is -2.13. The smallest absolute Gasteiger partial charge is 0.101 e. The number of aromatic nitrogens is 1. The topological polar surface area (TPSA) is 48.7 Å². The Morgan fingerprint density at radius 2 is 2.35 bits per heavy atom. The summed E-state index contributed by atoms with van der Waals surface area (Å²) in [5.41, 5.74) is 4.01. The van der Waals surface area contributed by atoms with Crippen molar-refractivity contribution >= 4 is 5.57 Å². The van der Waals surface area contributed by atoms with Crippen LogP contribution in [0.4, 0.5) is 0 Å². The van der Waals surface area contributed by atoms with Crippen molar-refractivity contribution in [1.82, 2.24) is 10.3 Å². The molecule has 0 unspecified atom stereocenters. The fourth-order valence-electron chi connectivity index (χ4n) is 2.91. The number of nitriles is 1. The van der Waals surface area contributed by atoms with Gasteiger partial charge in [-0.15, -0.1) is 0 Å². The van der Waals surface area contributed by atoms with Crippen LogP contribution in [0.5, 0.6) is 0 Å². The second-order valence-corrected chi connectivity index (χ2v) is 4.89. The number of allylic oxidation sites excluding steroid dienone is 1. The minimum absolute atomic E-state index is 0.617. The number of hydrogen-bond acceptors (Lipinski definition) is 3. The van der Waals surface area contributed by atoms with Crippen molar-refractivity contribution in [2.75, 3.05) is 13.1 Å². The molecule has 2 aliphatic rings. The Kier molecular flexibility index (Phi) is 2.45. The molecule has 86 valence electrons. The number of fused-ring (bicyclic) bond motifs is 1. The second-order valence-electron chi connectivity index (χ2n) is 4.89. The summed E-state index contributed by atoms with van der Waals surface area (Å²) < 4.78 is 0. The molecular formula is C14H15N3. The zero-order valence-electron chi connectivity index (χ0n) is 9.90. The molecule has 1 saturated heterocycles. The van der Waals surface area contributed by atoms with Crippen LogP contribution in [-0.4, -0.2) is 18.1 Å². The van der Waals surface area contributed by atoms with Crippen molar-refractivity contribution in [3.63, 3.8) is 0 Å². The third kappa shape index (κ3) is 1.65. The molecule has 0 bridgehead atoms. The fraction of sp³-hybridized carbons (Fsp3) is 0.429. The molecule has 1 aliphatic heterocycles. The summed E-state index contributed by atoms with van der Waals surface area (Å²) in [6, 6.07) is 4.19. The lowest BCUT2D eigenvalue weighted by molar-refractivity contribution is 0.542. The minimum atomic E-state index is 0.617. The first-order chi connectivity index (χ1) is 8.29. The zero-order chi connectivity index (χ0) is 11.8. The summed E-state index contributed by atoms with van der Waals surface area (Å²) in [6.45, 7) is 4.06. The molecule has 2 heterocycles. The number of rotatable bonds is 1. The van der Waals surface area contributed by atoms with Crippen LogP contribution < -0.4 is 5.32 Å². The van der Waals surface area contributed by atoms with Gasteiger partial charge in [0.25, 0.3) is 0 Å². The number of nitrogens with zero attached hydrogens (tertiary/aromatic N) is 2. The molecule has 0 amide bonds. The van der Waals surface area contributed by atoms with E-state index < -0.39 is 0 Å². The highest BCUT2D eigenvalue weighted by molar-refractivity contribution is 5.71. The highest BCUT2D eigenvalue weighted by atomic mass is 14.9. The maximum absolute atomic E-state index is 9.05. The van der Waals surface area contributed by atoms with Gasteiger partial charge in [0.05, 0.1) is 11.3 Å². The molecule has 1 aromatic heterocycles. The van der Waals surface area contributed by atoms with E-state index in [9.17, 15) is 0 Å². The fourth-order valence-corrected chi connectivity index (χ4v) is 2.91. The Labute approximate surface area is 101 Å². The average Bonchev–Trinajstić information content (AvgIpc) is 2.92. The molecule has 1 aliphatic carbocycles. The molecule has 0 saturated carbocycles. The Balaban J connectivity index is 1.98. The minimum Gasteiger partial charge on any atom is -0.316 e. The molecule has 0 aromatic carbocycles. The predicted molar refractivity (Wildman–Crippen MR) is 66.1 cm³/mol. The van der Waals surface area contributed by atoms with Gasteiger partial charge in [0.15, 0.2) is 0 Å². The summed E-state index contributed by atoms with van der Waals surface area (Å²) in [5, 5.41) is 12.5. The highest BCUT2D eigenvalue weighted by Gasteiger charge is 2.34. The number of hydrogen-bond donors (Lipinski definition) is 1. The Morgan fingerprint density at radius 3 is 3.18 bits per heavy atom. The first-order valence-corrected chi connectivity index (χ1v) is 6.07. The lowest BCUT2D eigenvalue weighted by atomic mass is 9.91. The SMILES string of the molecule is Cc1ncc(C2=CC[C@H]3CNC[C@@H]23)cc1C#N. The van der Waals surface area contributed by atoms with Gasteiger partial charge < -0.3 is 5.32 Å². The molecular weight excluding hydrogens is 210 g/mol. The van der Waals surface area contributed by atoms with Gasteiger partial charge in [-0.2, -0.15) is 5.26 Å². The molecule has 0 radical (unpaired) electrons. The number of pyridine rings is 1. The van der Waals surface area contributed by atoms with E-state index in [4.69, 9.17) is 5.26 Å². The standard InChI is InChI=1S/C14H15N3/c1-9-11(5-15)4-12(7-17-9)13-3-2-10-6-16-8-14(10)13/h3-4,7,10,14,16H,2,6,8H2,1H3/t10-,14+/m0/s1. The van der Waals surface area contributed by atoms with Crippen LogP contribution in [-0.2, 0) is 0 Å². The molecule has 1 fully saturated rings. The normalized spacial score (nSPS) is 26.5. The van der Waals surface area contributed by atoms with E-state index in [1.54, 1.807) is 0 Å². The maximum Gasteiger partial charge on any atom is 0.101 e. The third-order valence-electron chi connectivity index (χ3n) is 3.92. The van der Waals surface area contributed by atoms with Crippen molar-refractivity contribution < 1.29 is 0 Å². The van der Waals surface area contributed by atoms with Gasteiger partial charge in [0, 0.05) is 18.7 Å². The van der Waals surface area contributed by atoms with Crippen LogP contribution in [0.15, 0.2) is 18.3 Å². The molecule has 3 nitrogen and oxygen atoms in total. The van der Waals surface area contributed by atoms with Crippen molar-refractivity contribution in [3.8, 4) is 6.07 Å². The first-order valence-electron chi connectivity index (χ1n) is 6.07. The average molecular weight is 225 g/mol. The van der Waals surface area contributed by atoms with Crippen LogP contribution in [0.2, 0.25) is 0 Å². The lowest BCUT2D eigenvalue weighted by Crippen LogP contribution is -2.10. The van der Waals surface area contributed by atoms with Gasteiger partial charge >= 0.3 is 0 Å². The molecule has 3 heteroatoms. The van der Waals surface area contributed by atoms with E-state index in [2.05, 4.69) is 22.4 Å². The van der Waals surface area contributed by atoms with Gasteiger partial charge in [-0.25, -0.2) is 0 Å². The van der Waals surface area contributed by atoms with Crippen LogP contribution in [0.1, 0.15) is 23.2 Å². The zero-order valence-corrected chi connectivity index (χ0v) is 9.90. The molecule has 17 heavy (non-hydrogen) atoms. The maximum atomic E-state index is 9.05. The van der Waals surface area contributed by atoms with E-state index in [-0.39, 0.29) is 0 Å². The monoisotopic (exact) mass is 225 g/mol. The van der Waals surface area contributed by atoms with Crippen LogP contribution in [0.25, 0.3) is 5.57 Å². The van der Waals surface area contributed by atoms with Crippen LogP contribution in [0, 0.1) is 30.1 Å². The highest BCUT2D eigenvalue weighted by Crippen LogP contribution is 2.40. The first kappa shape index (κ1) is 10.5. The number of aryl methyl sites for hydroxylation is 1. The Bertz CT molecular complexity index is 525. The summed E-state index contributed by atoms with van der Waals surface area (Å²) in [6.07, 6.45) is 5.38. The van der Waals surface area contributed by atoms with Crippen LogP contribution in [0.3, 0.4) is 0 Å². The molecule has 3 rings (SSSR count). The van der Waals surface area contributed by atoms with Gasteiger partial charge in [0.2, 0.25) is 0 Å². The van der Waals surface area contributed by atoms with E-state index >= 15 is 0 Å². The van der Waals surface area contributed by atoms with Gasteiger partial charge in [-0.3, -0.25) is 4.98 Å². The van der Waals surface area contributed by atoms with Gasteiger partial charge in [0.1, 0.15) is 6.07 Å². The van der Waals surface area contributed by atoms with Gasteiger partial charge in [-0.1, -0.05) is 6.08 Å². The molecule has 1 aromatic rings. The largest absolute Gasteiger partial charge is 0.316 e. The molecule has 2 atom stereocenters. The van der Waals surface area contributed by atoms with Crippen molar-refractivity contribution in [3.05, 3.63) is 35.2 Å². The summed E-state index contributed by atoms with van der Waals surface area (Å²) in [7, 11) is 0. The Hall–Kier alpha value is -1.66. The second kappa shape index (κ2) is 3.97. The van der Waals surface area contributed by atoms with E-state index in [0.29, 0.717) is 11.5 Å². The Morgan fingerprint density at radius 1 is 1.47 bits per heavy atom. The molecule has 0 spiro atoms. The predicted octanol–water partition coefficient (Wildman–Crippen LogP) is 1.88. The number of nitrogens with one attached hydrogen (secondary N) is 1. The quantitative estimate of drug-likeness (QED) is 0.794. The van der Waals surface area contributed by atoms with Crippen molar-refractivity contribution in [2.24, 2.45) is 11.8 Å². The third-order valence-corrected chi connectivity index (χ3v) is 3.92. The van der Waals surface area contributed by atoms with Crippen molar-refractivity contribution in [1.29, 1.82) is 5.26 Å². The molecule has 1 N–H and O–H groups in total. The van der Waals surface area contributed by atoms with Crippen molar-refractivity contribution in [2.45, 2.75) is 13.3 Å². The van der Waals surface area contributed by atoms with E-state index in [1.165, 1.54) is 5.57 Å². The summed E-state index contributed by atoms with van der Waals surface area (Å²) in [4.78, 5) is 4.32. The summed E-state index contributed by atoms with van der Waals surface area (Å²) in [5.74, 6) is 1.36.